The van der Waals surface area contributed by atoms with Gasteiger partial charge in [-0.1, -0.05) is 35.3 Å². The van der Waals surface area contributed by atoms with Crippen molar-refractivity contribution in [3.8, 4) is 10.6 Å². The fourth-order valence-corrected chi connectivity index (χ4v) is 3.25. The van der Waals surface area contributed by atoms with Crippen molar-refractivity contribution < 1.29 is 4.79 Å². The van der Waals surface area contributed by atoms with Crippen LogP contribution in [0, 0.1) is 0 Å². The molecular formula is C17H13Cl2N3O2S. The predicted octanol–water partition coefficient (Wildman–Crippen LogP) is 4.48. The van der Waals surface area contributed by atoms with Gasteiger partial charge in [-0.3, -0.25) is 9.59 Å². The standard InChI is InChI=1S/C17H13Cl2N3O2S/c1-10(17(24)20-13-5-2-4-11(18)16(13)19)22-15(23)8-7-12(21-22)14-6-3-9-25-14/h2-10H,1H3,(H,20,24). The summed E-state index contributed by atoms with van der Waals surface area (Å²) in [6.07, 6.45) is 0. The van der Waals surface area contributed by atoms with E-state index in [2.05, 4.69) is 10.4 Å². The first-order chi connectivity index (χ1) is 12.0. The van der Waals surface area contributed by atoms with Crippen molar-refractivity contribution >= 4 is 46.1 Å². The molecule has 1 aromatic carbocycles. The molecule has 0 aliphatic rings. The van der Waals surface area contributed by atoms with Gasteiger partial charge in [0, 0.05) is 6.07 Å². The molecule has 1 unspecified atom stereocenters. The number of nitrogens with zero attached hydrogens (tertiary/aromatic N) is 2. The van der Waals surface area contributed by atoms with Crippen LogP contribution in [0.4, 0.5) is 5.69 Å². The summed E-state index contributed by atoms with van der Waals surface area (Å²) < 4.78 is 1.16. The van der Waals surface area contributed by atoms with Crippen LogP contribution in [0.3, 0.4) is 0 Å². The van der Waals surface area contributed by atoms with Gasteiger partial charge in [0.15, 0.2) is 0 Å². The number of aromatic nitrogens is 2. The number of carbonyl (C=O) groups excluding carboxylic acids is 1. The Bertz CT molecular complexity index is 970. The number of rotatable bonds is 4. The summed E-state index contributed by atoms with van der Waals surface area (Å²) in [5.74, 6) is -0.415. The number of anilines is 1. The predicted molar refractivity (Wildman–Crippen MR) is 102 cm³/mol. The zero-order chi connectivity index (χ0) is 18.0. The Morgan fingerprint density at radius 3 is 2.72 bits per heavy atom. The SMILES string of the molecule is CC(C(=O)Nc1cccc(Cl)c1Cl)n1nc(-c2cccs2)ccc1=O. The van der Waals surface area contributed by atoms with Gasteiger partial charge in [-0.25, -0.2) is 4.68 Å². The molecule has 25 heavy (non-hydrogen) atoms. The van der Waals surface area contributed by atoms with Crippen LogP contribution in [-0.2, 0) is 4.79 Å². The molecule has 1 amide bonds. The Morgan fingerprint density at radius 1 is 1.20 bits per heavy atom. The summed E-state index contributed by atoms with van der Waals surface area (Å²) in [4.78, 5) is 25.6. The number of amides is 1. The van der Waals surface area contributed by atoms with Gasteiger partial charge in [0.1, 0.15) is 11.7 Å². The highest BCUT2D eigenvalue weighted by Gasteiger charge is 2.19. The van der Waals surface area contributed by atoms with Crippen LogP contribution in [0.15, 0.2) is 52.6 Å². The number of nitrogens with one attached hydrogen (secondary N) is 1. The molecule has 3 rings (SSSR count). The molecule has 1 atom stereocenters. The number of benzene rings is 1. The van der Waals surface area contributed by atoms with Gasteiger partial charge in [0.25, 0.3) is 5.56 Å². The molecule has 2 heterocycles. The minimum Gasteiger partial charge on any atom is -0.323 e. The van der Waals surface area contributed by atoms with E-state index >= 15 is 0 Å². The summed E-state index contributed by atoms with van der Waals surface area (Å²) in [5.41, 5.74) is 0.656. The second-order valence-electron chi connectivity index (χ2n) is 5.25. The van der Waals surface area contributed by atoms with Crippen molar-refractivity contribution in [2.75, 3.05) is 5.32 Å². The third kappa shape index (κ3) is 3.76. The van der Waals surface area contributed by atoms with Crippen molar-refractivity contribution in [2.45, 2.75) is 13.0 Å². The molecule has 0 aliphatic heterocycles. The summed E-state index contributed by atoms with van der Waals surface area (Å²) in [6.45, 7) is 1.60. The Morgan fingerprint density at radius 2 is 2.00 bits per heavy atom. The first kappa shape index (κ1) is 17.7. The molecule has 0 bridgehead atoms. The average molecular weight is 394 g/mol. The average Bonchev–Trinajstić information content (AvgIpc) is 3.13. The molecule has 0 fully saturated rings. The van der Waals surface area contributed by atoms with Crippen LogP contribution in [0.1, 0.15) is 13.0 Å². The van der Waals surface area contributed by atoms with Gasteiger partial charge >= 0.3 is 0 Å². The molecule has 2 aromatic heterocycles. The summed E-state index contributed by atoms with van der Waals surface area (Å²) >= 11 is 13.5. The third-order valence-electron chi connectivity index (χ3n) is 3.55. The molecular weight excluding hydrogens is 381 g/mol. The summed E-state index contributed by atoms with van der Waals surface area (Å²) in [6, 6.07) is 11.0. The Labute approximate surface area is 157 Å². The second-order valence-corrected chi connectivity index (χ2v) is 6.98. The maximum atomic E-state index is 12.5. The number of hydrogen-bond donors (Lipinski definition) is 1. The van der Waals surface area contributed by atoms with E-state index in [0.29, 0.717) is 16.4 Å². The topological polar surface area (TPSA) is 64.0 Å². The number of carbonyl (C=O) groups is 1. The first-order valence-corrected chi connectivity index (χ1v) is 8.99. The maximum absolute atomic E-state index is 12.5. The highest BCUT2D eigenvalue weighted by Crippen LogP contribution is 2.30. The van der Waals surface area contributed by atoms with Crippen LogP contribution in [-0.4, -0.2) is 15.7 Å². The quantitative estimate of drug-likeness (QED) is 0.710. The Hall–Kier alpha value is -2.15. The molecule has 5 nitrogen and oxygen atoms in total. The molecule has 128 valence electrons. The minimum atomic E-state index is -0.817. The summed E-state index contributed by atoms with van der Waals surface area (Å²) in [5, 5.41) is 9.49. The normalized spacial score (nSPS) is 12.0. The van der Waals surface area contributed by atoms with E-state index in [1.165, 1.54) is 17.4 Å². The Kier molecular flexibility index (Phi) is 5.22. The van der Waals surface area contributed by atoms with Crippen LogP contribution in [0.5, 0.6) is 0 Å². The molecule has 0 aliphatic carbocycles. The van der Waals surface area contributed by atoms with E-state index in [4.69, 9.17) is 23.2 Å². The molecule has 0 radical (unpaired) electrons. The lowest BCUT2D eigenvalue weighted by molar-refractivity contribution is -0.119. The van der Waals surface area contributed by atoms with Crippen molar-refractivity contribution in [1.82, 2.24) is 9.78 Å². The van der Waals surface area contributed by atoms with Gasteiger partial charge < -0.3 is 5.32 Å². The van der Waals surface area contributed by atoms with Crippen LogP contribution < -0.4 is 10.9 Å². The van der Waals surface area contributed by atoms with Crippen molar-refractivity contribution in [1.29, 1.82) is 0 Å². The third-order valence-corrected chi connectivity index (χ3v) is 5.27. The highest BCUT2D eigenvalue weighted by molar-refractivity contribution is 7.13. The molecule has 1 N–H and O–H groups in total. The summed E-state index contributed by atoms with van der Waals surface area (Å²) in [7, 11) is 0. The van der Waals surface area contributed by atoms with Gasteiger partial charge in [0.05, 0.1) is 20.6 Å². The fourth-order valence-electron chi connectivity index (χ4n) is 2.21. The van der Waals surface area contributed by atoms with Gasteiger partial charge in [0.2, 0.25) is 5.91 Å². The van der Waals surface area contributed by atoms with Crippen LogP contribution in [0.25, 0.3) is 10.6 Å². The largest absolute Gasteiger partial charge is 0.323 e. The molecule has 0 saturated heterocycles. The van der Waals surface area contributed by atoms with Gasteiger partial charge in [-0.2, -0.15) is 5.10 Å². The smallest absolute Gasteiger partial charge is 0.267 e. The molecule has 3 aromatic rings. The monoisotopic (exact) mass is 393 g/mol. The lowest BCUT2D eigenvalue weighted by atomic mass is 10.2. The lowest BCUT2D eigenvalue weighted by Gasteiger charge is -2.15. The zero-order valence-electron chi connectivity index (χ0n) is 13.1. The zero-order valence-corrected chi connectivity index (χ0v) is 15.4. The van der Waals surface area contributed by atoms with Crippen LogP contribution in [0.2, 0.25) is 10.0 Å². The van der Waals surface area contributed by atoms with Crippen molar-refractivity contribution in [2.24, 2.45) is 0 Å². The minimum absolute atomic E-state index is 0.248. The Balaban J connectivity index is 1.88. The van der Waals surface area contributed by atoms with E-state index in [1.807, 2.05) is 17.5 Å². The molecule has 0 saturated carbocycles. The van der Waals surface area contributed by atoms with Crippen LogP contribution >= 0.6 is 34.5 Å². The van der Waals surface area contributed by atoms with Gasteiger partial charge in [-0.05, 0) is 36.6 Å². The number of thiophene rings is 1. The van der Waals surface area contributed by atoms with E-state index in [0.717, 1.165) is 9.56 Å². The number of halogens is 2. The number of hydrogen-bond acceptors (Lipinski definition) is 4. The van der Waals surface area contributed by atoms with E-state index in [-0.39, 0.29) is 10.6 Å². The van der Waals surface area contributed by atoms with Crippen molar-refractivity contribution in [3.05, 3.63) is 68.2 Å². The van der Waals surface area contributed by atoms with Crippen molar-refractivity contribution in [3.63, 3.8) is 0 Å². The van der Waals surface area contributed by atoms with E-state index in [9.17, 15) is 9.59 Å². The lowest BCUT2D eigenvalue weighted by Crippen LogP contribution is -2.33. The van der Waals surface area contributed by atoms with E-state index in [1.54, 1.807) is 31.2 Å². The molecule has 8 heteroatoms. The second kappa shape index (κ2) is 7.39. The maximum Gasteiger partial charge on any atom is 0.267 e. The molecule has 0 spiro atoms. The highest BCUT2D eigenvalue weighted by atomic mass is 35.5. The fraction of sp³-hybridized carbons (Fsp3) is 0.118. The van der Waals surface area contributed by atoms with Gasteiger partial charge in [-0.15, -0.1) is 11.3 Å². The first-order valence-electron chi connectivity index (χ1n) is 7.36. The van der Waals surface area contributed by atoms with E-state index < -0.39 is 11.9 Å².